The summed E-state index contributed by atoms with van der Waals surface area (Å²) in [6.07, 6.45) is 8.58. The van der Waals surface area contributed by atoms with Crippen molar-refractivity contribution in [2.75, 3.05) is 7.05 Å². The van der Waals surface area contributed by atoms with Crippen molar-refractivity contribution < 1.29 is 14.3 Å². The summed E-state index contributed by atoms with van der Waals surface area (Å²) in [6.45, 7) is 15.6. The van der Waals surface area contributed by atoms with E-state index in [4.69, 9.17) is 4.74 Å². The van der Waals surface area contributed by atoms with Gasteiger partial charge in [0.15, 0.2) is 5.60 Å². The first-order chi connectivity index (χ1) is 20.8. The summed E-state index contributed by atoms with van der Waals surface area (Å²) in [5.74, 6) is 3.06. The van der Waals surface area contributed by atoms with Gasteiger partial charge in [-0.05, 0) is 96.5 Å². The molecule has 2 aromatic rings. The quantitative estimate of drug-likeness (QED) is 0.312. The van der Waals surface area contributed by atoms with Crippen LogP contribution in [0.4, 0.5) is 0 Å². The molecule has 7 atom stereocenters. The number of benzene rings is 2. The van der Waals surface area contributed by atoms with E-state index < -0.39 is 5.60 Å². The van der Waals surface area contributed by atoms with Gasteiger partial charge in [0.2, 0.25) is 5.91 Å². The van der Waals surface area contributed by atoms with Gasteiger partial charge < -0.3 is 9.64 Å². The second kappa shape index (κ2) is 11.3. The molecule has 1 aliphatic heterocycles. The highest BCUT2D eigenvalue weighted by atomic mass is 16.6. The lowest BCUT2D eigenvalue weighted by molar-refractivity contribution is -0.175. The Morgan fingerprint density at radius 3 is 1.86 bits per heavy atom. The molecule has 3 saturated carbocycles. The highest BCUT2D eigenvalue weighted by molar-refractivity contribution is 5.77. The SMILES string of the molecule is CC(=O)OC(c1ccc(C(C)C)cc1)(c1ccc(C(C)C)cc1)C1CC[C@H]2[C@@H]3CC[C@H]4N(C)C(=O)CC[C@]4(C)[C@H]3CC[C@]12C. The minimum absolute atomic E-state index is 0.0453. The molecule has 2 aromatic carbocycles. The van der Waals surface area contributed by atoms with Crippen molar-refractivity contribution in [3.05, 3.63) is 70.8 Å². The second-order valence-corrected chi connectivity index (χ2v) is 16.0. The lowest BCUT2D eigenvalue weighted by atomic mass is 9.46. The smallest absolute Gasteiger partial charge is 0.303 e. The van der Waals surface area contributed by atoms with E-state index in [0.717, 1.165) is 36.8 Å². The molecule has 1 unspecified atom stereocenters. The van der Waals surface area contributed by atoms with Crippen molar-refractivity contribution >= 4 is 11.9 Å². The van der Waals surface area contributed by atoms with E-state index in [9.17, 15) is 9.59 Å². The standard InChI is InChI=1S/C40H55NO3/c1-25(2)28-9-13-30(14-10-28)40(44-27(5)42,31-15-11-29(12-16-31)26(3)4)35-19-18-33-32-17-20-36-39(7,24-22-37(43)41(36)8)34(32)21-23-38(33,35)6/h9-16,25-26,32-36H,17-24H2,1-8H3/t32-,33-,34-,35?,36+,38-,39+/m0/s1. The summed E-state index contributed by atoms with van der Waals surface area (Å²) in [5, 5.41) is 0. The Morgan fingerprint density at radius 1 is 0.795 bits per heavy atom. The number of carbonyl (C=O) groups is 2. The van der Waals surface area contributed by atoms with Gasteiger partial charge in [-0.1, -0.05) is 90.1 Å². The maximum absolute atomic E-state index is 13.2. The molecule has 0 bridgehead atoms. The van der Waals surface area contributed by atoms with Crippen molar-refractivity contribution in [2.45, 2.75) is 123 Å². The monoisotopic (exact) mass is 597 g/mol. The van der Waals surface area contributed by atoms with E-state index in [0.29, 0.717) is 48.0 Å². The zero-order valence-corrected chi connectivity index (χ0v) is 28.5. The number of rotatable bonds is 6. The number of fused-ring (bicyclic) bond motifs is 5. The lowest BCUT2D eigenvalue weighted by Gasteiger charge is -2.62. The highest BCUT2D eigenvalue weighted by Crippen LogP contribution is 2.69. The predicted molar refractivity (Wildman–Crippen MR) is 177 cm³/mol. The number of nitrogens with zero attached hydrogens (tertiary/aromatic N) is 1. The Labute approximate surface area is 266 Å². The molecule has 4 nitrogen and oxygen atoms in total. The fourth-order valence-corrected chi connectivity index (χ4v) is 11.0. The van der Waals surface area contributed by atoms with Crippen molar-refractivity contribution in [2.24, 2.45) is 34.5 Å². The van der Waals surface area contributed by atoms with Crippen LogP contribution in [0.15, 0.2) is 48.5 Å². The van der Waals surface area contributed by atoms with Crippen molar-refractivity contribution in [1.82, 2.24) is 4.90 Å². The fourth-order valence-electron chi connectivity index (χ4n) is 11.0. The van der Waals surface area contributed by atoms with Crippen LogP contribution in [0.1, 0.15) is 134 Å². The summed E-state index contributed by atoms with van der Waals surface area (Å²) in [4.78, 5) is 28.0. The van der Waals surface area contributed by atoms with Gasteiger partial charge in [-0.15, -0.1) is 0 Å². The predicted octanol–water partition coefficient (Wildman–Crippen LogP) is 9.22. The van der Waals surface area contributed by atoms with Crippen molar-refractivity contribution in [1.29, 1.82) is 0 Å². The number of ether oxygens (including phenoxy) is 1. The van der Waals surface area contributed by atoms with E-state index in [1.54, 1.807) is 6.92 Å². The summed E-state index contributed by atoms with van der Waals surface area (Å²) in [7, 11) is 2.05. The van der Waals surface area contributed by atoms with E-state index in [2.05, 4.69) is 95.0 Å². The summed E-state index contributed by atoms with van der Waals surface area (Å²) in [6, 6.07) is 18.3. The highest BCUT2D eigenvalue weighted by Gasteiger charge is 2.65. The average Bonchev–Trinajstić information content (AvgIpc) is 3.35. The molecule has 1 amide bonds. The van der Waals surface area contributed by atoms with Gasteiger partial charge in [-0.25, -0.2) is 0 Å². The fraction of sp³-hybridized carbons (Fsp3) is 0.650. The van der Waals surface area contributed by atoms with Crippen LogP contribution in [0, 0.1) is 34.5 Å². The first-order valence-corrected chi connectivity index (χ1v) is 17.5. The molecule has 4 heteroatoms. The van der Waals surface area contributed by atoms with Crippen LogP contribution in [0.3, 0.4) is 0 Å². The van der Waals surface area contributed by atoms with Crippen molar-refractivity contribution in [3.8, 4) is 0 Å². The number of esters is 1. The average molecular weight is 598 g/mol. The van der Waals surface area contributed by atoms with Gasteiger partial charge in [0, 0.05) is 43.5 Å². The maximum atomic E-state index is 13.2. The Hall–Kier alpha value is -2.62. The molecule has 1 saturated heterocycles. The second-order valence-electron chi connectivity index (χ2n) is 16.0. The number of amides is 1. The minimum Gasteiger partial charge on any atom is -0.449 e. The molecule has 6 rings (SSSR count). The molecule has 44 heavy (non-hydrogen) atoms. The Morgan fingerprint density at radius 2 is 1.34 bits per heavy atom. The zero-order chi connectivity index (χ0) is 31.6. The molecule has 0 radical (unpaired) electrons. The number of carbonyl (C=O) groups excluding carboxylic acids is 2. The number of piperidine rings is 1. The van der Waals surface area contributed by atoms with Crippen molar-refractivity contribution in [3.63, 3.8) is 0 Å². The zero-order valence-electron chi connectivity index (χ0n) is 28.5. The number of hydrogen-bond acceptors (Lipinski definition) is 3. The number of hydrogen-bond donors (Lipinski definition) is 0. The molecular formula is C40H55NO3. The molecule has 0 N–H and O–H groups in total. The van der Waals surface area contributed by atoms with Crippen LogP contribution in [0.25, 0.3) is 0 Å². The van der Waals surface area contributed by atoms with Gasteiger partial charge >= 0.3 is 5.97 Å². The third-order valence-corrected chi connectivity index (χ3v) is 13.4. The summed E-state index contributed by atoms with van der Waals surface area (Å²) >= 11 is 0. The third-order valence-electron chi connectivity index (χ3n) is 13.4. The van der Waals surface area contributed by atoms with Crippen LogP contribution >= 0.6 is 0 Å². The molecule has 4 fully saturated rings. The van der Waals surface area contributed by atoms with Crippen LogP contribution in [0.2, 0.25) is 0 Å². The lowest BCUT2D eigenvalue weighted by Crippen LogP contribution is -2.61. The summed E-state index contributed by atoms with van der Waals surface area (Å²) < 4.78 is 6.79. The largest absolute Gasteiger partial charge is 0.449 e. The van der Waals surface area contributed by atoms with Gasteiger partial charge in [-0.2, -0.15) is 0 Å². The molecule has 238 valence electrons. The van der Waals surface area contributed by atoms with Gasteiger partial charge in [0.25, 0.3) is 0 Å². The Kier molecular flexibility index (Phi) is 8.07. The molecule has 1 heterocycles. The topological polar surface area (TPSA) is 46.6 Å². The minimum atomic E-state index is -0.841. The first-order valence-electron chi connectivity index (χ1n) is 17.5. The molecule has 0 aromatic heterocycles. The van der Waals surface area contributed by atoms with Gasteiger partial charge in [0.05, 0.1) is 0 Å². The summed E-state index contributed by atoms with van der Waals surface area (Å²) in [5.41, 5.74) is 4.21. The van der Waals surface area contributed by atoms with E-state index in [1.807, 2.05) is 7.05 Å². The van der Waals surface area contributed by atoms with E-state index in [1.165, 1.54) is 30.4 Å². The van der Waals surface area contributed by atoms with Crippen LogP contribution in [-0.4, -0.2) is 29.9 Å². The first kappa shape index (κ1) is 31.4. The molecule has 3 aliphatic carbocycles. The third kappa shape index (κ3) is 4.76. The molecular weight excluding hydrogens is 542 g/mol. The van der Waals surface area contributed by atoms with Crippen LogP contribution < -0.4 is 0 Å². The van der Waals surface area contributed by atoms with Gasteiger partial charge in [0.1, 0.15) is 0 Å². The van der Waals surface area contributed by atoms with E-state index >= 15 is 0 Å². The van der Waals surface area contributed by atoms with Gasteiger partial charge in [-0.3, -0.25) is 9.59 Å². The molecule has 0 spiro atoms. The van der Waals surface area contributed by atoms with E-state index in [-0.39, 0.29) is 22.7 Å². The molecule has 4 aliphatic rings. The Balaban J connectivity index is 1.45. The normalized spacial score (nSPS) is 33.6. The number of likely N-dealkylation sites (tertiary alicyclic amines) is 1. The van der Waals surface area contributed by atoms with Crippen LogP contribution in [0.5, 0.6) is 0 Å². The van der Waals surface area contributed by atoms with Crippen LogP contribution in [-0.2, 0) is 19.9 Å². The Bertz CT molecular complexity index is 1320. The maximum Gasteiger partial charge on any atom is 0.303 e.